The van der Waals surface area contributed by atoms with Crippen LogP contribution in [-0.2, 0) is 29.6 Å². The number of ether oxygens (including phenoxy) is 1. The molecule has 3 aliphatic rings. The van der Waals surface area contributed by atoms with Gasteiger partial charge in [0.15, 0.2) is 0 Å². The Morgan fingerprint density at radius 3 is 2.51 bits per heavy atom. The fourth-order valence-electron chi connectivity index (χ4n) is 5.80. The number of aryl methyl sites for hydroxylation is 1. The summed E-state index contributed by atoms with van der Waals surface area (Å²) < 4.78 is 61.0. The van der Waals surface area contributed by atoms with Crippen LogP contribution in [0.1, 0.15) is 41.5 Å². The van der Waals surface area contributed by atoms with E-state index in [0.29, 0.717) is 35.8 Å². The van der Waals surface area contributed by atoms with Gasteiger partial charge in [-0.05, 0) is 71.8 Å². The molecule has 0 fully saturated rings. The molecule has 6 rings (SSSR count). The molecule has 2 aliphatic heterocycles. The Labute approximate surface area is 211 Å². The van der Waals surface area contributed by atoms with Crippen LogP contribution in [0.3, 0.4) is 0 Å². The van der Waals surface area contributed by atoms with Gasteiger partial charge in [-0.25, -0.2) is 19.3 Å². The van der Waals surface area contributed by atoms with Crippen LogP contribution in [0.4, 0.5) is 17.6 Å². The molecule has 0 aromatic heterocycles. The SMILES string of the molecule is CN1OC2(CC3(CCCc4ccccc4C3)Oc3ccc(-c4cc(F)cc(C(F)(F)F)c4)cc32)N=C1N. The molecule has 0 saturated heterocycles. The lowest BCUT2D eigenvalue weighted by molar-refractivity contribution is -0.204. The summed E-state index contributed by atoms with van der Waals surface area (Å²) in [5.74, 6) is -0.259. The molecule has 3 aromatic rings. The van der Waals surface area contributed by atoms with Gasteiger partial charge in [-0.1, -0.05) is 30.3 Å². The zero-order chi connectivity index (χ0) is 26.0. The van der Waals surface area contributed by atoms with E-state index in [1.165, 1.54) is 16.2 Å². The third-order valence-corrected chi connectivity index (χ3v) is 7.46. The van der Waals surface area contributed by atoms with Crippen molar-refractivity contribution in [3.8, 4) is 16.9 Å². The zero-order valence-corrected chi connectivity index (χ0v) is 20.1. The molecule has 2 N–H and O–H groups in total. The van der Waals surface area contributed by atoms with Crippen LogP contribution < -0.4 is 10.5 Å². The number of nitrogens with zero attached hydrogens (tertiary/aromatic N) is 2. The number of benzene rings is 3. The van der Waals surface area contributed by atoms with E-state index in [-0.39, 0.29) is 11.5 Å². The second kappa shape index (κ2) is 8.21. The van der Waals surface area contributed by atoms with Gasteiger partial charge in [-0.2, -0.15) is 13.2 Å². The largest absolute Gasteiger partial charge is 0.486 e. The van der Waals surface area contributed by atoms with Gasteiger partial charge in [0, 0.05) is 19.9 Å². The zero-order valence-electron chi connectivity index (χ0n) is 20.1. The number of guanidine groups is 1. The predicted molar refractivity (Wildman–Crippen MR) is 130 cm³/mol. The first-order valence-electron chi connectivity index (χ1n) is 12.1. The fraction of sp³-hybridized carbons (Fsp3) is 0.321. The van der Waals surface area contributed by atoms with Crippen LogP contribution in [0.2, 0.25) is 0 Å². The minimum atomic E-state index is -4.67. The van der Waals surface area contributed by atoms with E-state index in [4.69, 9.17) is 20.3 Å². The summed E-state index contributed by atoms with van der Waals surface area (Å²) in [5, 5.41) is 1.39. The number of aliphatic imine (C=N–C) groups is 1. The first kappa shape index (κ1) is 23.8. The highest BCUT2D eigenvalue weighted by Gasteiger charge is 2.54. The van der Waals surface area contributed by atoms with Crippen molar-refractivity contribution in [3.63, 3.8) is 0 Å². The number of alkyl halides is 3. The van der Waals surface area contributed by atoms with Crippen molar-refractivity contribution in [1.29, 1.82) is 0 Å². The maximum atomic E-state index is 14.2. The van der Waals surface area contributed by atoms with E-state index in [9.17, 15) is 17.6 Å². The Morgan fingerprint density at radius 2 is 1.78 bits per heavy atom. The van der Waals surface area contributed by atoms with Gasteiger partial charge in [0.1, 0.15) is 17.2 Å². The molecule has 2 atom stereocenters. The molecule has 3 aromatic carbocycles. The lowest BCUT2D eigenvalue weighted by Crippen LogP contribution is -2.49. The van der Waals surface area contributed by atoms with Gasteiger partial charge < -0.3 is 10.5 Å². The molecule has 2 heterocycles. The van der Waals surface area contributed by atoms with Crippen LogP contribution in [0.15, 0.2) is 65.7 Å². The molecular weight excluding hydrogens is 486 g/mol. The van der Waals surface area contributed by atoms with Crippen LogP contribution in [0.5, 0.6) is 5.75 Å². The Balaban J connectivity index is 1.47. The first-order valence-corrected chi connectivity index (χ1v) is 12.1. The van der Waals surface area contributed by atoms with Gasteiger partial charge in [0.2, 0.25) is 11.7 Å². The predicted octanol–water partition coefficient (Wildman–Crippen LogP) is 5.96. The quantitative estimate of drug-likeness (QED) is 0.410. The standard InChI is InChI=1S/C28H25F4N3O2/c1-35-25(33)34-27(37-35)16-26(10-4-7-17-5-2-3-6-19(17)15-26)36-24-9-8-18(13-23(24)27)20-11-21(28(30,31)32)14-22(29)12-20/h2-3,5-6,8-9,11-14H,4,7,10,15-16H2,1H3,(H2,33,34). The topological polar surface area (TPSA) is 60.1 Å². The number of nitrogens with two attached hydrogens (primary N) is 1. The Hall–Kier alpha value is -3.59. The second-order valence-electron chi connectivity index (χ2n) is 10.0. The molecule has 192 valence electrons. The number of halogens is 4. The number of hydroxylamine groups is 2. The molecule has 9 heteroatoms. The van der Waals surface area contributed by atoms with E-state index in [1.54, 1.807) is 25.2 Å². The number of fused-ring (bicyclic) bond motifs is 3. The van der Waals surface area contributed by atoms with Gasteiger partial charge >= 0.3 is 6.18 Å². The third kappa shape index (κ3) is 4.11. The van der Waals surface area contributed by atoms with Crippen LogP contribution in [0.25, 0.3) is 11.1 Å². The van der Waals surface area contributed by atoms with Gasteiger partial charge in [-0.3, -0.25) is 0 Å². The average Bonchev–Trinajstić information content (AvgIpc) is 3.00. The highest BCUT2D eigenvalue weighted by atomic mass is 19.4. The van der Waals surface area contributed by atoms with Gasteiger partial charge in [0.25, 0.3) is 0 Å². The van der Waals surface area contributed by atoms with Crippen molar-refractivity contribution in [3.05, 3.63) is 88.7 Å². The highest BCUT2D eigenvalue weighted by Crippen LogP contribution is 2.53. The number of rotatable bonds is 1. The second-order valence-corrected chi connectivity index (χ2v) is 10.0. The van der Waals surface area contributed by atoms with Crippen LogP contribution >= 0.6 is 0 Å². The summed E-state index contributed by atoms with van der Waals surface area (Å²) in [6, 6.07) is 15.8. The average molecular weight is 512 g/mol. The number of hydrogen-bond acceptors (Lipinski definition) is 5. The van der Waals surface area contributed by atoms with Crippen LogP contribution in [0, 0.1) is 5.82 Å². The van der Waals surface area contributed by atoms with Crippen molar-refractivity contribution in [1.82, 2.24) is 5.06 Å². The maximum Gasteiger partial charge on any atom is 0.416 e. The summed E-state index contributed by atoms with van der Waals surface area (Å²) in [5.41, 5.74) is 6.77. The summed E-state index contributed by atoms with van der Waals surface area (Å²) in [4.78, 5) is 11.0. The first-order chi connectivity index (χ1) is 17.6. The molecule has 2 spiro atoms. The van der Waals surface area contributed by atoms with Crippen molar-refractivity contribution in [2.75, 3.05) is 7.05 Å². The van der Waals surface area contributed by atoms with E-state index in [1.807, 2.05) is 12.1 Å². The van der Waals surface area contributed by atoms with Crippen molar-refractivity contribution < 1.29 is 27.1 Å². The van der Waals surface area contributed by atoms with Crippen molar-refractivity contribution >= 4 is 5.96 Å². The molecule has 0 amide bonds. The molecule has 2 unspecified atom stereocenters. The maximum absolute atomic E-state index is 14.2. The van der Waals surface area contributed by atoms with Crippen molar-refractivity contribution in [2.24, 2.45) is 10.7 Å². The monoisotopic (exact) mass is 511 g/mol. The Bertz CT molecular complexity index is 1420. The molecule has 0 bridgehead atoms. The molecule has 5 nitrogen and oxygen atoms in total. The third-order valence-electron chi connectivity index (χ3n) is 7.46. The van der Waals surface area contributed by atoms with Gasteiger partial charge in [-0.15, -0.1) is 0 Å². The van der Waals surface area contributed by atoms with E-state index in [0.717, 1.165) is 31.4 Å². The smallest absolute Gasteiger partial charge is 0.416 e. The lowest BCUT2D eigenvalue weighted by atomic mass is 9.78. The summed E-state index contributed by atoms with van der Waals surface area (Å²) in [6.07, 6.45) is -1.02. The molecule has 1 aliphatic carbocycles. The summed E-state index contributed by atoms with van der Waals surface area (Å²) in [7, 11) is 1.66. The van der Waals surface area contributed by atoms with E-state index in [2.05, 4.69) is 12.1 Å². The van der Waals surface area contributed by atoms with Crippen molar-refractivity contribution in [2.45, 2.75) is 49.6 Å². The summed E-state index contributed by atoms with van der Waals surface area (Å²) >= 11 is 0. The molecular formula is C28H25F4N3O2. The fourth-order valence-corrected chi connectivity index (χ4v) is 5.80. The minimum absolute atomic E-state index is 0.0947. The number of hydrogen-bond donors (Lipinski definition) is 1. The van der Waals surface area contributed by atoms with Gasteiger partial charge in [0.05, 0.1) is 11.1 Å². The van der Waals surface area contributed by atoms with Crippen LogP contribution in [-0.4, -0.2) is 23.7 Å². The summed E-state index contributed by atoms with van der Waals surface area (Å²) in [6.45, 7) is 0. The molecule has 0 saturated carbocycles. The van der Waals surface area contributed by atoms with E-state index < -0.39 is 28.9 Å². The molecule has 0 radical (unpaired) electrons. The minimum Gasteiger partial charge on any atom is -0.486 e. The Kier molecular flexibility index (Phi) is 5.28. The lowest BCUT2D eigenvalue weighted by Gasteiger charge is -2.45. The molecule has 37 heavy (non-hydrogen) atoms. The normalized spacial score (nSPS) is 24.9. The highest BCUT2D eigenvalue weighted by molar-refractivity contribution is 5.79. The van der Waals surface area contributed by atoms with E-state index >= 15 is 0 Å². The Morgan fingerprint density at radius 1 is 1.00 bits per heavy atom.